The van der Waals surface area contributed by atoms with Gasteiger partial charge in [-0.1, -0.05) is 6.07 Å². The number of hydrogen-bond donors (Lipinski definition) is 3. The van der Waals surface area contributed by atoms with Crippen LogP contribution in [0.4, 0.5) is 4.39 Å². The van der Waals surface area contributed by atoms with Gasteiger partial charge in [0.1, 0.15) is 6.67 Å². The summed E-state index contributed by atoms with van der Waals surface area (Å²) < 4.78 is 13.2. The summed E-state index contributed by atoms with van der Waals surface area (Å²) in [5.41, 5.74) is 0.699. The average Bonchev–Trinajstić information content (AvgIpc) is 2.36. The molecule has 17 heavy (non-hydrogen) atoms. The van der Waals surface area contributed by atoms with E-state index < -0.39 is 6.67 Å². The fourth-order valence-electron chi connectivity index (χ4n) is 2.14. The van der Waals surface area contributed by atoms with E-state index in [1.165, 1.54) is 12.1 Å². The van der Waals surface area contributed by atoms with Crippen molar-refractivity contribution >= 4 is 0 Å². The number of nitrogens with zero attached hydrogens (tertiary/aromatic N) is 1. The number of nitrogens with one attached hydrogen (secondary N) is 1. The average molecular weight is 240 g/mol. The third kappa shape index (κ3) is 2.68. The first kappa shape index (κ1) is 12.1. The van der Waals surface area contributed by atoms with Crippen molar-refractivity contribution < 1.29 is 14.6 Å². The number of piperazine rings is 1. The number of phenolic OH excluding ortho intramolecular Hbond substituents is 2. The van der Waals surface area contributed by atoms with Crippen molar-refractivity contribution in [2.24, 2.45) is 0 Å². The minimum absolute atomic E-state index is 0.174. The van der Waals surface area contributed by atoms with Crippen molar-refractivity contribution in [1.29, 1.82) is 0 Å². The smallest absolute Gasteiger partial charge is 0.157 e. The molecule has 1 aliphatic rings. The predicted octanol–water partition coefficient (Wildman–Crippen LogP) is 1.01. The van der Waals surface area contributed by atoms with Gasteiger partial charge in [0, 0.05) is 26.2 Å². The second-order valence-corrected chi connectivity index (χ2v) is 4.20. The highest BCUT2D eigenvalue weighted by molar-refractivity contribution is 5.41. The largest absolute Gasteiger partial charge is 0.504 e. The highest BCUT2D eigenvalue weighted by atomic mass is 19.1. The Kier molecular flexibility index (Phi) is 3.81. The number of hydrogen-bond acceptors (Lipinski definition) is 4. The molecule has 1 fully saturated rings. The molecule has 3 N–H and O–H groups in total. The molecule has 2 rings (SSSR count). The summed E-state index contributed by atoms with van der Waals surface area (Å²) in [5, 5.41) is 21.9. The third-order valence-corrected chi connectivity index (χ3v) is 3.12. The van der Waals surface area contributed by atoms with Crippen LogP contribution in [-0.2, 0) is 0 Å². The lowest BCUT2D eigenvalue weighted by molar-refractivity contribution is 0.147. The molecule has 1 atom stereocenters. The zero-order chi connectivity index (χ0) is 12.3. The summed E-state index contributed by atoms with van der Waals surface area (Å²) in [6.45, 7) is 2.78. The van der Waals surface area contributed by atoms with E-state index in [-0.39, 0.29) is 17.5 Å². The van der Waals surface area contributed by atoms with Crippen LogP contribution in [0, 0.1) is 0 Å². The van der Waals surface area contributed by atoms with E-state index in [4.69, 9.17) is 0 Å². The molecule has 4 nitrogen and oxygen atoms in total. The molecular weight excluding hydrogens is 223 g/mol. The molecule has 0 bridgehead atoms. The van der Waals surface area contributed by atoms with Gasteiger partial charge < -0.3 is 15.5 Å². The molecule has 0 saturated carbocycles. The summed E-state index contributed by atoms with van der Waals surface area (Å²) in [6, 6.07) is 4.14. The van der Waals surface area contributed by atoms with Crippen LogP contribution in [0.15, 0.2) is 18.2 Å². The molecule has 0 aliphatic carbocycles. The Labute approximate surface area is 99.7 Å². The summed E-state index contributed by atoms with van der Waals surface area (Å²) in [4.78, 5) is 2.04. The van der Waals surface area contributed by atoms with E-state index in [0.717, 1.165) is 26.2 Å². The number of phenols is 2. The zero-order valence-corrected chi connectivity index (χ0v) is 9.56. The van der Waals surface area contributed by atoms with Crippen molar-refractivity contribution in [3.63, 3.8) is 0 Å². The van der Waals surface area contributed by atoms with Gasteiger partial charge in [0.15, 0.2) is 11.5 Å². The summed E-state index contributed by atoms with van der Waals surface area (Å²) in [6.07, 6.45) is 0. The van der Waals surface area contributed by atoms with Crippen molar-refractivity contribution in [2.45, 2.75) is 6.04 Å². The first-order valence-electron chi connectivity index (χ1n) is 5.75. The van der Waals surface area contributed by atoms with Gasteiger partial charge in [0.05, 0.1) is 6.04 Å². The van der Waals surface area contributed by atoms with Crippen LogP contribution < -0.4 is 5.32 Å². The first-order valence-corrected chi connectivity index (χ1v) is 5.75. The number of alkyl halides is 1. The molecule has 5 heteroatoms. The number of halogens is 1. The zero-order valence-electron chi connectivity index (χ0n) is 9.56. The van der Waals surface area contributed by atoms with Crippen LogP contribution >= 0.6 is 0 Å². The fraction of sp³-hybridized carbons (Fsp3) is 0.500. The Bertz CT molecular complexity index is 381. The van der Waals surface area contributed by atoms with Gasteiger partial charge in [-0.05, 0) is 17.7 Å². The molecule has 1 aromatic carbocycles. The highest BCUT2D eigenvalue weighted by Crippen LogP contribution is 2.30. The maximum atomic E-state index is 13.2. The lowest BCUT2D eigenvalue weighted by Crippen LogP contribution is -2.45. The normalized spacial score (nSPS) is 19.1. The SMILES string of the molecule is Oc1ccc([C@H](CF)N2CCNCC2)cc1O. The summed E-state index contributed by atoms with van der Waals surface area (Å²) in [7, 11) is 0. The number of rotatable bonds is 3. The van der Waals surface area contributed by atoms with E-state index >= 15 is 0 Å². The molecule has 0 aromatic heterocycles. The Balaban J connectivity index is 2.18. The first-order chi connectivity index (χ1) is 8.22. The maximum absolute atomic E-state index is 13.2. The van der Waals surface area contributed by atoms with Crippen LogP contribution in [0.25, 0.3) is 0 Å². The van der Waals surface area contributed by atoms with Crippen LogP contribution in [-0.4, -0.2) is 48.0 Å². The van der Waals surface area contributed by atoms with Gasteiger partial charge >= 0.3 is 0 Å². The van der Waals surface area contributed by atoms with Gasteiger partial charge in [-0.25, -0.2) is 4.39 Å². The molecule has 0 spiro atoms. The summed E-state index contributed by atoms with van der Waals surface area (Å²) >= 11 is 0. The van der Waals surface area contributed by atoms with Gasteiger partial charge in [0.25, 0.3) is 0 Å². The molecule has 0 unspecified atom stereocenters. The Hall–Kier alpha value is -1.33. The highest BCUT2D eigenvalue weighted by Gasteiger charge is 2.22. The van der Waals surface area contributed by atoms with Gasteiger partial charge in [0.2, 0.25) is 0 Å². The van der Waals surface area contributed by atoms with E-state index in [0.29, 0.717) is 5.56 Å². The number of aromatic hydroxyl groups is 2. The second-order valence-electron chi connectivity index (χ2n) is 4.20. The minimum atomic E-state index is -0.496. The Morgan fingerprint density at radius 2 is 1.94 bits per heavy atom. The van der Waals surface area contributed by atoms with E-state index in [1.807, 2.05) is 4.90 Å². The molecule has 1 aromatic rings. The van der Waals surface area contributed by atoms with Crippen molar-refractivity contribution in [3.8, 4) is 11.5 Å². The van der Waals surface area contributed by atoms with Crippen LogP contribution in [0.1, 0.15) is 11.6 Å². The monoisotopic (exact) mass is 240 g/mol. The lowest BCUT2D eigenvalue weighted by Gasteiger charge is -2.33. The third-order valence-electron chi connectivity index (χ3n) is 3.12. The van der Waals surface area contributed by atoms with Crippen LogP contribution in [0.2, 0.25) is 0 Å². The molecule has 0 amide bonds. The standard InChI is InChI=1S/C12H17FN2O2/c13-8-10(15-5-3-14-4-6-15)9-1-2-11(16)12(17)7-9/h1-2,7,10,14,16-17H,3-6,8H2/t10-/m0/s1. The van der Waals surface area contributed by atoms with E-state index in [9.17, 15) is 14.6 Å². The topological polar surface area (TPSA) is 55.7 Å². The van der Waals surface area contributed by atoms with Gasteiger partial charge in [-0.3, -0.25) is 4.90 Å². The molecule has 0 radical (unpaired) electrons. The molecule has 94 valence electrons. The fourth-order valence-corrected chi connectivity index (χ4v) is 2.14. The van der Waals surface area contributed by atoms with Crippen molar-refractivity contribution in [1.82, 2.24) is 10.2 Å². The molecule has 1 heterocycles. The van der Waals surface area contributed by atoms with Crippen molar-refractivity contribution in [3.05, 3.63) is 23.8 Å². The quantitative estimate of drug-likeness (QED) is 0.690. The van der Waals surface area contributed by atoms with Gasteiger partial charge in [-0.2, -0.15) is 0 Å². The Morgan fingerprint density at radius 3 is 2.53 bits per heavy atom. The number of benzene rings is 1. The lowest BCUT2D eigenvalue weighted by atomic mass is 10.0. The predicted molar refractivity (Wildman–Crippen MR) is 62.9 cm³/mol. The molecular formula is C12H17FN2O2. The minimum Gasteiger partial charge on any atom is -0.504 e. The van der Waals surface area contributed by atoms with Gasteiger partial charge in [-0.15, -0.1) is 0 Å². The summed E-state index contributed by atoms with van der Waals surface area (Å²) in [5.74, 6) is -0.372. The van der Waals surface area contributed by atoms with E-state index in [2.05, 4.69) is 5.32 Å². The second kappa shape index (κ2) is 5.33. The van der Waals surface area contributed by atoms with Crippen molar-refractivity contribution in [2.75, 3.05) is 32.9 Å². The van der Waals surface area contributed by atoms with Crippen LogP contribution in [0.3, 0.4) is 0 Å². The van der Waals surface area contributed by atoms with E-state index in [1.54, 1.807) is 6.07 Å². The maximum Gasteiger partial charge on any atom is 0.157 e. The molecule has 1 saturated heterocycles. The Morgan fingerprint density at radius 1 is 1.24 bits per heavy atom. The molecule has 1 aliphatic heterocycles. The van der Waals surface area contributed by atoms with Crippen LogP contribution in [0.5, 0.6) is 11.5 Å².